The first kappa shape index (κ1) is 10.6. The van der Waals surface area contributed by atoms with Crippen molar-refractivity contribution >= 4 is 17.9 Å². The molecule has 0 aromatic heterocycles. The van der Waals surface area contributed by atoms with E-state index >= 15 is 0 Å². The van der Waals surface area contributed by atoms with Gasteiger partial charge < -0.3 is 0 Å². The van der Waals surface area contributed by atoms with E-state index in [1.54, 1.807) is 0 Å². The lowest BCUT2D eigenvalue weighted by Crippen LogP contribution is -2.17. The topological polar surface area (TPSA) is 29.1 Å². The summed E-state index contributed by atoms with van der Waals surface area (Å²) in [6, 6.07) is 10.4. The predicted octanol–water partition coefficient (Wildman–Crippen LogP) is 2.40. The summed E-state index contributed by atoms with van der Waals surface area (Å²) in [5, 5.41) is 0. The van der Waals surface area contributed by atoms with E-state index in [0.717, 1.165) is 25.0 Å². The first-order valence-corrected chi connectivity index (χ1v) is 6.30. The smallest absolute Gasteiger partial charge is 0.233 e. The van der Waals surface area contributed by atoms with Crippen LogP contribution in [0.4, 0.5) is 0 Å². The van der Waals surface area contributed by atoms with E-state index in [4.69, 9.17) is 0 Å². The first-order valence-electron chi connectivity index (χ1n) is 5.32. The molecule has 3 heteroatoms. The molecule has 0 radical (unpaired) electrons. The molecule has 15 heavy (non-hydrogen) atoms. The van der Waals surface area contributed by atoms with Gasteiger partial charge >= 0.3 is 0 Å². The molecule has 1 aromatic rings. The quantitative estimate of drug-likeness (QED) is 0.791. The Labute approximate surface area is 94.6 Å². The van der Waals surface area contributed by atoms with Crippen molar-refractivity contribution in [2.45, 2.75) is 19.3 Å². The zero-order valence-corrected chi connectivity index (χ0v) is 9.43. The Morgan fingerprint density at radius 2 is 2.13 bits per heavy atom. The van der Waals surface area contributed by atoms with Gasteiger partial charge in [0.15, 0.2) is 0 Å². The van der Waals surface area contributed by atoms with E-state index in [1.165, 1.54) is 17.5 Å². The average molecular weight is 221 g/mol. The Kier molecular flexibility index (Phi) is 3.67. The van der Waals surface area contributed by atoms with Gasteiger partial charge in [-0.25, -0.2) is 0 Å². The summed E-state index contributed by atoms with van der Waals surface area (Å²) in [6.45, 7) is 0. The highest BCUT2D eigenvalue weighted by Gasteiger charge is 2.23. The van der Waals surface area contributed by atoms with Gasteiger partial charge in [0.2, 0.25) is 5.91 Å². The molecule has 1 aliphatic heterocycles. The summed E-state index contributed by atoms with van der Waals surface area (Å²) in [6.07, 6.45) is 3.19. The van der Waals surface area contributed by atoms with Crippen molar-refractivity contribution in [1.29, 1.82) is 0 Å². The second-order valence-electron chi connectivity index (χ2n) is 3.85. The normalized spacial score (nSPS) is 20.3. The summed E-state index contributed by atoms with van der Waals surface area (Å²) in [5.74, 6) is 1.39. The van der Waals surface area contributed by atoms with E-state index in [0.29, 0.717) is 0 Å². The highest BCUT2D eigenvalue weighted by atomic mass is 32.2. The fourth-order valence-electron chi connectivity index (χ4n) is 1.78. The van der Waals surface area contributed by atoms with Gasteiger partial charge in [0, 0.05) is 11.7 Å². The summed E-state index contributed by atoms with van der Waals surface area (Å²) < 4.78 is 2.80. The molecule has 1 unspecified atom stereocenters. The second-order valence-corrected chi connectivity index (χ2v) is 4.68. The Hall–Kier alpha value is -0.960. The molecular formula is C12H15NOS. The van der Waals surface area contributed by atoms with E-state index in [2.05, 4.69) is 29.0 Å². The molecule has 0 saturated carbocycles. The minimum absolute atomic E-state index is 0.216. The predicted molar refractivity (Wildman–Crippen MR) is 63.5 cm³/mol. The van der Waals surface area contributed by atoms with Crippen LogP contribution in [0.1, 0.15) is 18.4 Å². The van der Waals surface area contributed by atoms with Gasteiger partial charge in [-0.2, -0.15) is 0 Å². The molecule has 1 aromatic carbocycles. The Morgan fingerprint density at radius 3 is 2.80 bits per heavy atom. The lowest BCUT2D eigenvalue weighted by Gasteiger charge is -2.05. The number of amides is 1. The molecule has 1 aliphatic rings. The molecule has 2 rings (SSSR count). The van der Waals surface area contributed by atoms with E-state index < -0.39 is 0 Å². The van der Waals surface area contributed by atoms with Crippen LogP contribution in [0.3, 0.4) is 0 Å². The van der Waals surface area contributed by atoms with Gasteiger partial charge in [0.1, 0.15) is 0 Å². The number of carbonyl (C=O) groups excluding carboxylic acids is 1. The fraction of sp³-hybridized carbons (Fsp3) is 0.417. The van der Waals surface area contributed by atoms with Gasteiger partial charge in [-0.1, -0.05) is 30.3 Å². The van der Waals surface area contributed by atoms with Crippen molar-refractivity contribution in [3.05, 3.63) is 35.9 Å². The number of hydrogen-bond donors (Lipinski definition) is 1. The molecule has 1 amide bonds. The SMILES string of the molecule is O=C1NSCC1CCCc1ccccc1. The van der Waals surface area contributed by atoms with Crippen molar-refractivity contribution < 1.29 is 4.79 Å². The summed E-state index contributed by atoms with van der Waals surface area (Å²) >= 11 is 1.54. The van der Waals surface area contributed by atoms with Crippen LogP contribution in [0.5, 0.6) is 0 Å². The fourth-order valence-corrected chi connectivity index (χ4v) is 2.70. The van der Waals surface area contributed by atoms with Crippen LogP contribution < -0.4 is 4.72 Å². The van der Waals surface area contributed by atoms with Gasteiger partial charge in [-0.15, -0.1) is 0 Å². The zero-order valence-electron chi connectivity index (χ0n) is 8.61. The minimum atomic E-state index is 0.216. The highest BCUT2D eigenvalue weighted by Crippen LogP contribution is 2.20. The van der Waals surface area contributed by atoms with E-state index in [9.17, 15) is 4.79 Å². The van der Waals surface area contributed by atoms with Crippen molar-refractivity contribution in [2.24, 2.45) is 5.92 Å². The largest absolute Gasteiger partial charge is 0.300 e. The highest BCUT2D eigenvalue weighted by molar-refractivity contribution is 7.98. The third kappa shape index (κ3) is 2.99. The Morgan fingerprint density at radius 1 is 1.33 bits per heavy atom. The van der Waals surface area contributed by atoms with Crippen molar-refractivity contribution in [1.82, 2.24) is 4.72 Å². The van der Waals surface area contributed by atoms with Crippen LogP contribution in [0.2, 0.25) is 0 Å². The Bertz CT molecular complexity index is 326. The maximum Gasteiger partial charge on any atom is 0.233 e. The third-order valence-corrected chi connectivity index (χ3v) is 3.60. The molecule has 80 valence electrons. The molecular weight excluding hydrogens is 206 g/mol. The molecule has 1 heterocycles. The number of nitrogens with one attached hydrogen (secondary N) is 1. The van der Waals surface area contributed by atoms with Crippen molar-refractivity contribution in [3.63, 3.8) is 0 Å². The third-order valence-electron chi connectivity index (χ3n) is 2.69. The molecule has 1 saturated heterocycles. The standard InChI is InChI=1S/C12H15NOS/c14-12-11(9-15-13-12)8-4-7-10-5-2-1-3-6-10/h1-3,5-6,11H,4,7-9H2,(H,13,14). The molecule has 2 nitrogen and oxygen atoms in total. The second kappa shape index (κ2) is 5.21. The molecule has 1 N–H and O–H groups in total. The first-order chi connectivity index (χ1) is 7.36. The van der Waals surface area contributed by atoms with E-state index in [-0.39, 0.29) is 11.8 Å². The maximum atomic E-state index is 11.3. The molecule has 1 atom stereocenters. The average Bonchev–Trinajstić information content (AvgIpc) is 2.66. The van der Waals surface area contributed by atoms with Crippen molar-refractivity contribution in [3.8, 4) is 0 Å². The minimum Gasteiger partial charge on any atom is -0.300 e. The molecule has 0 spiro atoms. The van der Waals surface area contributed by atoms with Crippen LogP contribution in [0.25, 0.3) is 0 Å². The number of rotatable bonds is 4. The lowest BCUT2D eigenvalue weighted by molar-refractivity contribution is -0.121. The van der Waals surface area contributed by atoms with Crippen molar-refractivity contribution in [2.75, 3.05) is 5.75 Å². The molecule has 0 aliphatic carbocycles. The monoisotopic (exact) mass is 221 g/mol. The molecule has 1 fully saturated rings. The van der Waals surface area contributed by atoms with Gasteiger partial charge in [0.05, 0.1) is 0 Å². The lowest BCUT2D eigenvalue weighted by atomic mass is 10.0. The Balaban J connectivity index is 1.73. The maximum absolute atomic E-state index is 11.3. The van der Waals surface area contributed by atoms with Crippen LogP contribution in [0, 0.1) is 5.92 Å². The van der Waals surface area contributed by atoms with E-state index in [1.807, 2.05) is 6.07 Å². The van der Waals surface area contributed by atoms with Gasteiger partial charge in [0.25, 0.3) is 0 Å². The van der Waals surface area contributed by atoms with Crippen LogP contribution >= 0.6 is 11.9 Å². The summed E-state index contributed by atoms with van der Waals surface area (Å²) in [7, 11) is 0. The van der Waals surface area contributed by atoms with Gasteiger partial charge in [-0.3, -0.25) is 9.52 Å². The van der Waals surface area contributed by atoms with Gasteiger partial charge in [-0.05, 0) is 36.8 Å². The number of carbonyl (C=O) groups is 1. The van der Waals surface area contributed by atoms with Crippen LogP contribution in [-0.4, -0.2) is 11.7 Å². The number of aryl methyl sites for hydroxylation is 1. The zero-order chi connectivity index (χ0) is 10.5. The van der Waals surface area contributed by atoms with Crippen LogP contribution in [0.15, 0.2) is 30.3 Å². The molecule has 0 bridgehead atoms. The van der Waals surface area contributed by atoms with Crippen LogP contribution in [-0.2, 0) is 11.2 Å². The summed E-state index contributed by atoms with van der Waals surface area (Å²) in [5.41, 5.74) is 1.36. The summed E-state index contributed by atoms with van der Waals surface area (Å²) in [4.78, 5) is 11.3. The number of hydrogen-bond acceptors (Lipinski definition) is 2. The number of benzene rings is 1.